The van der Waals surface area contributed by atoms with E-state index in [1.165, 1.54) is 0 Å². The van der Waals surface area contributed by atoms with Crippen molar-refractivity contribution in [3.05, 3.63) is 60.2 Å². The first-order valence-electron chi connectivity index (χ1n) is 7.05. The molecule has 0 bridgehead atoms. The molecule has 0 amide bonds. The van der Waals surface area contributed by atoms with Crippen molar-refractivity contribution in [2.45, 2.75) is 18.8 Å². The summed E-state index contributed by atoms with van der Waals surface area (Å²) < 4.78 is 10.8. The summed E-state index contributed by atoms with van der Waals surface area (Å²) in [5, 5.41) is 9.26. The Morgan fingerprint density at radius 3 is 2.52 bits per heavy atom. The van der Waals surface area contributed by atoms with Crippen LogP contribution >= 0.6 is 0 Å². The zero-order chi connectivity index (χ0) is 14.9. The van der Waals surface area contributed by atoms with E-state index in [1.807, 2.05) is 54.6 Å². The lowest BCUT2D eigenvalue weighted by molar-refractivity contribution is 0.302. The number of nitrogens with zero attached hydrogens (tertiary/aromatic N) is 1. The number of ether oxygens (including phenoxy) is 2. The van der Waals surface area contributed by atoms with Crippen molar-refractivity contribution in [1.82, 2.24) is 0 Å². The number of nitriles is 1. The molecular formula is C18H19NO2. The molecule has 0 N–H and O–H groups in total. The van der Waals surface area contributed by atoms with Gasteiger partial charge < -0.3 is 9.47 Å². The van der Waals surface area contributed by atoms with Gasteiger partial charge in [0, 0.05) is 6.07 Å². The van der Waals surface area contributed by atoms with Gasteiger partial charge in [-0.05, 0) is 30.5 Å². The lowest BCUT2D eigenvalue weighted by atomic mass is 9.96. The van der Waals surface area contributed by atoms with E-state index in [4.69, 9.17) is 9.47 Å². The first-order chi connectivity index (χ1) is 10.3. The quantitative estimate of drug-likeness (QED) is 0.716. The molecule has 3 heteroatoms. The lowest BCUT2D eigenvalue weighted by Crippen LogP contribution is -2.02. The molecule has 21 heavy (non-hydrogen) atoms. The Labute approximate surface area is 125 Å². The van der Waals surface area contributed by atoms with Gasteiger partial charge in [-0.15, -0.1) is 0 Å². The molecule has 2 aromatic carbocycles. The molecular weight excluding hydrogens is 262 g/mol. The molecule has 2 aromatic rings. The van der Waals surface area contributed by atoms with Crippen molar-refractivity contribution >= 4 is 0 Å². The minimum Gasteiger partial charge on any atom is -0.497 e. The first-order valence-corrected chi connectivity index (χ1v) is 7.05. The molecule has 1 atom stereocenters. The predicted molar refractivity (Wildman–Crippen MR) is 82.5 cm³/mol. The van der Waals surface area contributed by atoms with Crippen molar-refractivity contribution < 1.29 is 9.47 Å². The van der Waals surface area contributed by atoms with Crippen molar-refractivity contribution in [2.24, 2.45) is 0 Å². The summed E-state index contributed by atoms with van der Waals surface area (Å²) in [5.74, 6) is 1.51. The third kappa shape index (κ3) is 4.54. The number of hydrogen-bond acceptors (Lipinski definition) is 3. The second kappa shape index (κ2) is 7.96. The highest BCUT2D eigenvalue weighted by atomic mass is 16.5. The van der Waals surface area contributed by atoms with Crippen LogP contribution in [-0.2, 0) is 0 Å². The Morgan fingerprint density at radius 2 is 1.81 bits per heavy atom. The second-order valence-electron chi connectivity index (χ2n) is 4.76. The Hall–Kier alpha value is -2.47. The van der Waals surface area contributed by atoms with Gasteiger partial charge in [-0.3, -0.25) is 0 Å². The third-order valence-corrected chi connectivity index (χ3v) is 3.30. The molecule has 0 fully saturated rings. The Kier molecular flexibility index (Phi) is 5.66. The minimum atomic E-state index is -0.0693. The van der Waals surface area contributed by atoms with E-state index in [0.29, 0.717) is 6.61 Å². The molecule has 0 heterocycles. The molecule has 0 aromatic heterocycles. The molecule has 108 valence electrons. The van der Waals surface area contributed by atoms with Gasteiger partial charge in [-0.1, -0.05) is 36.4 Å². The van der Waals surface area contributed by atoms with Crippen LogP contribution in [0.4, 0.5) is 0 Å². The molecule has 0 aliphatic carbocycles. The smallest absolute Gasteiger partial charge is 0.122 e. The van der Waals surface area contributed by atoms with Crippen LogP contribution in [0.2, 0.25) is 0 Å². The van der Waals surface area contributed by atoms with Gasteiger partial charge in [0.2, 0.25) is 0 Å². The van der Waals surface area contributed by atoms with Crippen LogP contribution in [0, 0.1) is 11.3 Å². The van der Waals surface area contributed by atoms with E-state index in [9.17, 15) is 5.26 Å². The summed E-state index contributed by atoms with van der Waals surface area (Å²) in [6, 6.07) is 19.8. The van der Waals surface area contributed by atoms with Gasteiger partial charge >= 0.3 is 0 Å². The van der Waals surface area contributed by atoms with Crippen LogP contribution in [0.1, 0.15) is 24.3 Å². The lowest BCUT2D eigenvalue weighted by Gasteiger charge is -2.10. The average molecular weight is 281 g/mol. The number of rotatable bonds is 7. The van der Waals surface area contributed by atoms with Gasteiger partial charge in [0.05, 0.1) is 25.7 Å². The van der Waals surface area contributed by atoms with Crippen LogP contribution < -0.4 is 9.47 Å². The van der Waals surface area contributed by atoms with Crippen LogP contribution in [0.15, 0.2) is 54.6 Å². The molecule has 0 radical (unpaired) electrons. The molecule has 0 saturated heterocycles. The molecule has 0 saturated carbocycles. The summed E-state index contributed by atoms with van der Waals surface area (Å²) >= 11 is 0. The molecule has 1 unspecified atom stereocenters. The summed E-state index contributed by atoms with van der Waals surface area (Å²) in [7, 11) is 1.64. The van der Waals surface area contributed by atoms with Gasteiger partial charge in [-0.2, -0.15) is 5.26 Å². The third-order valence-electron chi connectivity index (χ3n) is 3.30. The fourth-order valence-corrected chi connectivity index (χ4v) is 2.16. The summed E-state index contributed by atoms with van der Waals surface area (Å²) in [4.78, 5) is 0. The molecule has 0 aliphatic rings. The van der Waals surface area contributed by atoms with Crippen LogP contribution in [-0.4, -0.2) is 13.7 Å². The van der Waals surface area contributed by atoms with Crippen LogP contribution in [0.5, 0.6) is 11.5 Å². The maximum absolute atomic E-state index is 9.26. The fourth-order valence-electron chi connectivity index (χ4n) is 2.16. The van der Waals surface area contributed by atoms with E-state index >= 15 is 0 Å². The highest BCUT2D eigenvalue weighted by molar-refractivity contribution is 5.32. The monoisotopic (exact) mass is 281 g/mol. The van der Waals surface area contributed by atoms with Crippen molar-refractivity contribution in [3.63, 3.8) is 0 Å². The zero-order valence-corrected chi connectivity index (χ0v) is 12.2. The van der Waals surface area contributed by atoms with Gasteiger partial charge in [0.1, 0.15) is 11.5 Å². The standard InChI is InChI=1S/C18H19NO2/c1-20-17-10-5-11-18(13-17)21-12-6-9-16(14-19)15-7-3-2-4-8-15/h2-5,7-8,10-11,13,16H,6,9,12H2,1H3. The Balaban J connectivity index is 1.80. The minimum absolute atomic E-state index is 0.0693. The molecule has 0 spiro atoms. The van der Waals surface area contributed by atoms with Crippen molar-refractivity contribution in [1.29, 1.82) is 5.26 Å². The maximum atomic E-state index is 9.26. The SMILES string of the molecule is COc1cccc(OCCCC(C#N)c2ccccc2)c1. The Bertz CT molecular complexity index is 590. The van der Waals surface area contributed by atoms with E-state index < -0.39 is 0 Å². The highest BCUT2D eigenvalue weighted by Gasteiger charge is 2.09. The van der Waals surface area contributed by atoms with E-state index in [1.54, 1.807) is 7.11 Å². The van der Waals surface area contributed by atoms with Crippen LogP contribution in [0.25, 0.3) is 0 Å². The van der Waals surface area contributed by atoms with E-state index in [-0.39, 0.29) is 5.92 Å². The fraction of sp³-hybridized carbons (Fsp3) is 0.278. The topological polar surface area (TPSA) is 42.2 Å². The van der Waals surface area contributed by atoms with Gasteiger partial charge in [0.15, 0.2) is 0 Å². The van der Waals surface area contributed by atoms with Crippen molar-refractivity contribution in [3.8, 4) is 17.6 Å². The first kappa shape index (κ1) is 14.9. The van der Waals surface area contributed by atoms with E-state index in [2.05, 4.69) is 6.07 Å². The maximum Gasteiger partial charge on any atom is 0.122 e. The zero-order valence-electron chi connectivity index (χ0n) is 12.2. The number of benzene rings is 2. The predicted octanol–water partition coefficient (Wildman–Crippen LogP) is 4.16. The molecule has 0 aliphatic heterocycles. The number of methoxy groups -OCH3 is 1. The van der Waals surface area contributed by atoms with E-state index in [0.717, 1.165) is 29.9 Å². The average Bonchev–Trinajstić information content (AvgIpc) is 2.56. The van der Waals surface area contributed by atoms with Gasteiger partial charge in [-0.25, -0.2) is 0 Å². The largest absolute Gasteiger partial charge is 0.497 e. The second-order valence-corrected chi connectivity index (χ2v) is 4.76. The summed E-state index contributed by atoms with van der Waals surface area (Å²) in [6.45, 7) is 0.595. The van der Waals surface area contributed by atoms with Gasteiger partial charge in [0.25, 0.3) is 0 Å². The highest BCUT2D eigenvalue weighted by Crippen LogP contribution is 2.22. The molecule has 2 rings (SSSR count). The normalized spacial score (nSPS) is 11.4. The van der Waals surface area contributed by atoms with Crippen LogP contribution in [0.3, 0.4) is 0 Å². The Morgan fingerprint density at radius 1 is 1.05 bits per heavy atom. The summed E-state index contributed by atoms with van der Waals surface area (Å²) in [5.41, 5.74) is 1.07. The molecule has 3 nitrogen and oxygen atoms in total. The van der Waals surface area contributed by atoms with Crippen molar-refractivity contribution in [2.75, 3.05) is 13.7 Å². The number of hydrogen-bond donors (Lipinski definition) is 0. The summed E-state index contributed by atoms with van der Waals surface area (Å²) in [6.07, 6.45) is 1.63.